The van der Waals surface area contributed by atoms with E-state index >= 15 is 0 Å². The molecule has 0 radical (unpaired) electrons. The Labute approximate surface area is 162 Å². The Morgan fingerprint density at radius 2 is 1.59 bits per heavy atom. The summed E-state index contributed by atoms with van der Waals surface area (Å²) in [5.41, 5.74) is 0. The van der Waals surface area contributed by atoms with Crippen LogP contribution in [0.4, 0.5) is 8.78 Å². The zero-order valence-electron chi connectivity index (χ0n) is 16.8. The zero-order valence-corrected chi connectivity index (χ0v) is 16.8. The van der Waals surface area contributed by atoms with Gasteiger partial charge in [-0.05, 0) is 37.5 Å². The average Bonchev–Trinajstić information content (AvgIpc) is 2.70. The van der Waals surface area contributed by atoms with Crippen LogP contribution in [0.5, 0.6) is 0 Å². The van der Waals surface area contributed by atoms with Crippen molar-refractivity contribution < 1.29 is 23.0 Å². The summed E-state index contributed by atoms with van der Waals surface area (Å²) in [7, 11) is 1.36. The highest BCUT2D eigenvalue weighted by Gasteiger charge is 2.32. The minimum absolute atomic E-state index is 0.0670. The van der Waals surface area contributed by atoms with Crippen molar-refractivity contribution >= 4 is 0 Å². The van der Waals surface area contributed by atoms with Gasteiger partial charge < -0.3 is 14.2 Å². The summed E-state index contributed by atoms with van der Waals surface area (Å²) in [4.78, 5) is 0. The topological polar surface area (TPSA) is 27.7 Å². The molecule has 0 N–H and O–H groups in total. The van der Waals surface area contributed by atoms with Crippen molar-refractivity contribution in [1.29, 1.82) is 0 Å². The SMILES string of the molecule is CCCC1CCC(C2CCC(COC3=C(F)C(F)=C(OC)CC3)CO2)CC1. The zero-order chi connectivity index (χ0) is 19.2. The van der Waals surface area contributed by atoms with E-state index in [-0.39, 0.29) is 17.4 Å². The Morgan fingerprint density at radius 1 is 0.926 bits per heavy atom. The molecule has 0 aromatic heterocycles. The number of halogens is 2. The third-order valence-corrected chi connectivity index (χ3v) is 6.52. The smallest absolute Gasteiger partial charge is 0.199 e. The maximum Gasteiger partial charge on any atom is 0.199 e. The van der Waals surface area contributed by atoms with Gasteiger partial charge in [-0.3, -0.25) is 0 Å². The Balaban J connectivity index is 1.40. The summed E-state index contributed by atoms with van der Waals surface area (Å²) in [6.45, 7) is 3.33. The number of allylic oxidation sites excluding steroid dienone is 4. The second kappa shape index (κ2) is 9.90. The Morgan fingerprint density at radius 3 is 2.22 bits per heavy atom. The van der Waals surface area contributed by atoms with Crippen molar-refractivity contribution in [1.82, 2.24) is 0 Å². The van der Waals surface area contributed by atoms with Gasteiger partial charge in [-0.2, -0.15) is 8.78 Å². The summed E-state index contributed by atoms with van der Waals surface area (Å²) >= 11 is 0. The maximum atomic E-state index is 14.0. The van der Waals surface area contributed by atoms with Crippen LogP contribution in [0, 0.1) is 17.8 Å². The van der Waals surface area contributed by atoms with E-state index in [0.29, 0.717) is 38.1 Å². The van der Waals surface area contributed by atoms with E-state index in [1.165, 1.54) is 45.6 Å². The maximum absolute atomic E-state index is 14.0. The lowest BCUT2D eigenvalue weighted by atomic mass is 9.76. The second-order valence-corrected chi connectivity index (χ2v) is 8.37. The van der Waals surface area contributed by atoms with E-state index in [9.17, 15) is 8.78 Å². The van der Waals surface area contributed by atoms with Crippen molar-refractivity contribution in [2.45, 2.75) is 77.2 Å². The second-order valence-electron chi connectivity index (χ2n) is 8.37. The first kappa shape index (κ1) is 20.6. The highest BCUT2D eigenvalue weighted by Crippen LogP contribution is 2.38. The minimum Gasteiger partial charge on any atom is -0.498 e. The van der Waals surface area contributed by atoms with Crippen molar-refractivity contribution in [3.63, 3.8) is 0 Å². The molecule has 3 rings (SSSR count). The lowest BCUT2D eigenvalue weighted by Gasteiger charge is -2.37. The molecule has 27 heavy (non-hydrogen) atoms. The molecule has 0 aromatic carbocycles. The van der Waals surface area contributed by atoms with E-state index < -0.39 is 11.7 Å². The van der Waals surface area contributed by atoms with Gasteiger partial charge in [0.05, 0.1) is 26.4 Å². The molecular formula is C22H34F2O3. The van der Waals surface area contributed by atoms with Crippen LogP contribution in [0.15, 0.2) is 23.2 Å². The predicted octanol–water partition coefficient (Wildman–Crippen LogP) is 6.21. The van der Waals surface area contributed by atoms with Crippen LogP contribution in [0.2, 0.25) is 0 Å². The third kappa shape index (κ3) is 5.24. The van der Waals surface area contributed by atoms with E-state index in [1.807, 2.05) is 0 Å². The largest absolute Gasteiger partial charge is 0.498 e. The number of rotatable bonds is 7. The van der Waals surface area contributed by atoms with Crippen LogP contribution in [0.3, 0.4) is 0 Å². The van der Waals surface area contributed by atoms with Gasteiger partial charge in [0.2, 0.25) is 0 Å². The van der Waals surface area contributed by atoms with E-state index in [4.69, 9.17) is 14.2 Å². The summed E-state index contributed by atoms with van der Waals surface area (Å²) in [6.07, 6.45) is 11.1. The first-order valence-electron chi connectivity index (χ1n) is 10.7. The Hall–Kier alpha value is -1.10. The van der Waals surface area contributed by atoms with Crippen LogP contribution in [-0.4, -0.2) is 26.4 Å². The quantitative estimate of drug-likeness (QED) is 0.522. The molecular weight excluding hydrogens is 350 g/mol. The molecule has 2 atom stereocenters. The highest BCUT2D eigenvalue weighted by atomic mass is 19.2. The number of ether oxygens (including phenoxy) is 3. The van der Waals surface area contributed by atoms with Crippen LogP contribution >= 0.6 is 0 Å². The van der Waals surface area contributed by atoms with Gasteiger partial charge in [-0.15, -0.1) is 0 Å². The van der Waals surface area contributed by atoms with Gasteiger partial charge in [0, 0.05) is 18.8 Å². The van der Waals surface area contributed by atoms with Crippen LogP contribution < -0.4 is 0 Å². The molecule has 0 aromatic rings. The van der Waals surface area contributed by atoms with E-state index in [0.717, 1.165) is 18.8 Å². The fraction of sp³-hybridized carbons (Fsp3) is 0.818. The molecule has 154 valence electrons. The Bertz CT molecular complexity index is 542. The van der Waals surface area contributed by atoms with E-state index in [1.54, 1.807) is 0 Å². The molecule has 2 fully saturated rings. The van der Waals surface area contributed by atoms with Crippen LogP contribution in [0.1, 0.15) is 71.1 Å². The fourth-order valence-corrected chi connectivity index (χ4v) is 4.82. The fourth-order valence-electron chi connectivity index (χ4n) is 4.82. The van der Waals surface area contributed by atoms with Gasteiger partial charge >= 0.3 is 0 Å². The molecule has 1 saturated heterocycles. The summed E-state index contributed by atoms with van der Waals surface area (Å²) < 4.78 is 44.5. The van der Waals surface area contributed by atoms with Gasteiger partial charge in [-0.25, -0.2) is 0 Å². The first-order chi connectivity index (χ1) is 13.1. The number of hydrogen-bond acceptors (Lipinski definition) is 3. The molecule has 3 nitrogen and oxygen atoms in total. The molecule has 3 aliphatic rings. The lowest BCUT2D eigenvalue weighted by Crippen LogP contribution is -2.35. The molecule has 1 heterocycles. The highest BCUT2D eigenvalue weighted by molar-refractivity contribution is 5.29. The minimum atomic E-state index is -0.919. The predicted molar refractivity (Wildman–Crippen MR) is 101 cm³/mol. The molecule has 2 unspecified atom stereocenters. The van der Waals surface area contributed by atoms with Crippen molar-refractivity contribution in [2.75, 3.05) is 20.3 Å². The monoisotopic (exact) mass is 384 g/mol. The number of hydrogen-bond donors (Lipinski definition) is 0. The first-order valence-corrected chi connectivity index (χ1v) is 10.7. The molecule has 2 aliphatic carbocycles. The van der Waals surface area contributed by atoms with Crippen LogP contribution in [-0.2, 0) is 14.2 Å². The van der Waals surface area contributed by atoms with Gasteiger partial charge in [0.15, 0.2) is 11.7 Å². The third-order valence-electron chi connectivity index (χ3n) is 6.52. The molecule has 0 amide bonds. The van der Waals surface area contributed by atoms with Crippen molar-refractivity contribution in [2.24, 2.45) is 17.8 Å². The molecule has 5 heteroatoms. The van der Waals surface area contributed by atoms with Crippen molar-refractivity contribution in [3.8, 4) is 0 Å². The van der Waals surface area contributed by atoms with Crippen LogP contribution in [0.25, 0.3) is 0 Å². The normalized spacial score (nSPS) is 32.6. The Kier molecular flexibility index (Phi) is 7.57. The van der Waals surface area contributed by atoms with Gasteiger partial charge in [-0.1, -0.05) is 32.6 Å². The van der Waals surface area contributed by atoms with E-state index in [2.05, 4.69) is 6.92 Å². The molecule has 1 saturated carbocycles. The summed E-state index contributed by atoms with van der Waals surface area (Å²) in [5, 5.41) is 0. The molecule has 0 spiro atoms. The standard InChI is InChI=1S/C22H34F2O3/c1-3-4-15-5-8-17(9-6-15)18-10-7-16(13-26-18)14-27-20-12-11-19(25-2)21(23)22(20)24/h15-18H,3-14H2,1-2H3. The molecule has 1 aliphatic heterocycles. The summed E-state index contributed by atoms with van der Waals surface area (Å²) in [5.74, 6) is 0.234. The number of methoxy groups -OCH3 is 1. The molecule has 0 bridgehead atoms. The van der Waals surface area contributed by atoms with Gasteiger partial charge in [0.25, 0.3) is 0 Å². The summed E-state index contributed by atoms with van der Waals surface area (Å²) in [6, 6.07) is 0. The van der Waals surface area contributed by atoms with Crippen molar-refractivity contribution in [3.05, 3.63) is 23.2 Å². The van der Waals surface area contributed by atoms with Gasteiger partial charge in [0.1, 0.15) is 11.5 Å². The average molecular weight is 385 g/mol. The lowest BCUT2D eigenvalue weighted by molar-refractivity contribution is -0.0704.